The van der Waals surface area contributed by atoms with E-state index in [4.69, 9.17) is 4.74 Å². The SMILES string of the molecule is COc1ccccc1C1=C(C)C(c2ccc(S(C)(=O)=O)cc2)=CC1. The van der Waals surface area contributed by atoms with Crippen LogP contribution in [0.4, 0.5) is 0 Å². The van der Waals surface area contributed by atoms with E-state index in [2.05, 4.69) is 19.1 Å². The standard InChI is InChI=1S/C20H20O3S/c1-14-17(15-8-10-16(11-9-15)24(3,21)22)12-13-18(14)19-6-4-5-7-20(19)23-2/h4-12H,13H2,1-3H3. The molecule has 0 N–H and O–H groups in total. The first-order valence-electron chi connectivity index (χ1n) is 7.76. The van der Waals surface area contributed by atoms with Crippen LogP contribution in [0.3, 0.4) is 0 Å². The first kappa shape index (κ1) is 16.5. The number of sulfone groups is 1. The van der Waals surface area contributed by atoms with Crippen LogP contribution in [0.5, 0.6) is 5.75 Å². The van der Waals surface area contributed by atoms with E-state index >= 15 is 0 Å². The fourth-order valence-electron chi connectivity index (χ4n) is 3.09. The van der Waals surface area contributed by atoms with Crippen molar-refractivity contribution < 1.29 is 13.2 Å². The number of para-hydroxylation sites is 1. The summed E-state index contributed by atoms with van der Waals surface area (Å²) in [5.41, 5.74) is 5.73. The zero-order chi connectivity index (χ0) is 17.3. The third kappa shape index (κ3) is 3.02. The normalized spacial score (nSPS) is 14.7. The molecule has 0 unspecified atom stereocenters. The van der Waals surface area contributed by atoms with Gasteiger partial charge in [0.05, 0.1) is 12.0 Å². The van der Waals surface area contributed by atoms with Crippen molar-refractivity contribution in [2.75, 3.05) is 13.4 Å². The van der Waals surface area contributed by atoms with Gasteiger partial charge < -0.3 is 4.74 Å². The molecule has 0 aliphatic heterocycles. The summed E-state index contributed by atoms with van der Waals surface area (Å²) in [5.74, 6) is 0.869. The number of ether oxygens (including phenoxy) is 1. The maximum absolute atomic E-state index is 11.6. The molecule has 2 aromatic rings. The van der Waals surface area contributed by atoms with Crippen molar-refractivity contribution in [2.24, 2.45) is 0 Å². The second kappa shape index (κ2) is 6.29. The quantitative estimate of drug-likeness (QED) is 0.830. The second-order valence-electron chi connectivity index (χ2n) is 5.92. The van der Waals surface area contributed by atoms with Crippen LogP contribution >= 0.6 is 0 Å². The van der Waals surface area contributed by atoms with Crippen LogP contribution < -0.4 is 4.74 Å². The van der Waals surface area contributed by atoms with E-state index in [1.54, 1.807) is 19.2 Å². The molecule has 0 saturated heterocycles. The van der Waals surface area contributed by atoms with Gasteiger partial charge in [-0.3, -0.25) is 0 Å². The van der Waals surface area contributed by atoms with Crippen LogP contribution in [0.15, 0.2) is 65.1 Å². The topological polar surface area (TPSA) is 43.4 Å². The average Bonchev–Trinajstić information content (AvgIpc) is 2.95. The van der Waals surface area contributed by atoms with Crippen molar-refractivity contribution in [3.8, 4) is 5.75 Å². The van der Waals surface area contributed by atoms with Crippen LogP contribution in [-0.4, -0.2) is 21.8 Å². The highest BCUT2D eigenvalue weighted by molar-refractivity contribution is 7.90. The zero-order valence-electron chi connectivity index (χ0n) is 14.0. The van der Waals surface area contributed by atoms with Gasteiger partial charge in [-0.15, -0.1) is 0 Å². The van der Waals surface area contributed by atoms with Gasteiger partial charge in [-0.25, -0.2) is 8.42 Å². The molecule has 0 saturated carbocycles. The first-order valence-corrected chi connectivity index (χ1v) is 9.65. The van der Waals surface area contributed by atoms with E-state index in [0.717, 1.165) is 28.9 Å². The van der Waals surface area contributed by atoms with E-state index < -0.39 is 9.84 Å². The summed E-state index contributed by atoms with van der Waals surface area (Å²) in [7, 11) is -1.48. The molecule has 3 nitrogen and oxygen atoms in total. The lowest BCUT2D eigenvalue weighted by atomic mass is 9.96. The lowest BCUT2D eigenvalue weighted by molar-refractivity contribution is 0.413. The molecule has 1 aliphatic carbocycles. The Bertz CT molecular complexity index is 933. The highest BCUT2D eigenvalue weighted by Gasteiger charge is 2.19. The maximum atomic E-state index is 11.6. The fraction of sp³-hybridized carbons (Fsp3) is 0.200. The van der Waals surface area contributed by atoms with Gasteiger partial charge in [0.2, 0.25) is 0 Å². The predicted molar refractivity (Wildman–Crippen MR) is 97.7 cm³/mol. The summed E-state index contributed by atoms with van der Waals surface area (Å²) >= 11 is 0. The van der Waals surface area contributed by atoms with Crippen molar-refractivity contribution in [3.05, 3.63) is 71.3 Å². The number of hydrogen-bond donors (Lipinski definition) is 0. The van der Waals surface area contributed by atoms with E-state index in [-0.39, 0.29) is 0 Å². The van der Waals surface area contributed by atoms with Gasteiger partial charge in [-0.1, -0.05) is 36.4 Å². The summed E-state index contributed by atoms with van der Waals surface area (Å²) in [6.07, 6.45) is 4.25. The molecule has 0 atom stereocenters. The third-order valence-corrected chi connectivity index (χ3v) is 5.52. The second-order valence-corrected chi connectivity index (χ2v) is 7.94. The minimum Gasteiger partial charge on any atom is -0.496 e. The van der Waals surface area contributed by atoms with Crippen molar-refractivity contribution in [3.63, 3.8) is 0 Å². The molecule has 0 fully saturated rings. The molecule has 0 spiro atoms. The third-order valence-electron chi connectivity index (χ3n) is 4.39. The van der Waals surface area contributed by atoms with E-state index in [9.17, 15) is 8.42 Å². The van der Waals surface area contributed by atoms with Gasteiger partial charge in [0, 0.05) is 11.8 Å². The molecule has 124 valence electrons. The summed E-state index contributed by atoms with van der Waals surface area (Å²) in [6, 6.07) is 15.1. The highest BCUT2D eigenvalue weighted by Crippen LogP contribution is 2.41. The van der Waals surface area contributed by atoms with Crippen LogP contribution in [0.1, 0.15) is 24.5 Å². The Kier molecular flexibility index (Phi) is 4.33. The molecule has 4 heteroatoms. The predicted octanol–water partition coefficient (Wildman–Crippen LogP) is 4.36. The monoisotopic (exact) mass is 340 g/mol. The number of methoxy groups -OCH3 is 1. The highest BCUT2D eigenvalue weighted by atomic mass is 32.2. The Morgan fingerprint density at radius 3 is 2.29 bits per heavy atom. The van der Waals surface area contributed by atoms with Crippen LogP contribution in [0.25, 0.3) is 11.1 Å². The Balaban J connectivity index is 1.98. The number of benzene rings is 2. The molecular formula is C20H20O3S. The van der Waals surface area contributed by atoms with Crippen molar-refractivity contribution in [1.82, 2.24) is 0 Å². The fourth-order valence-corrected chi connectivity index (χ4v) is 3.73. The molecule has 0 bridgehead atoms. The molecule has 0 heterocycles. The average molecular weight is 340 g/mol. The minimum atomic E-state index is -3.17. The van der Waals surface area contributed by atoms with Gasteiger partial charge in [0.15, 0.2) is 9.84 Å². The van der Waals surface area contributed by atoms with Crippen molar-refractivity contribution in [2.45, 2.75) is 18.2 Å². The lowest BCUT2D eigenvalue weighted by Crippen LogP contribution is -1.97. The largest absolute Gasteiger partial charge is 0.496 e. The van der Waals surface area contributed by atoms with Crippen LogP contribution in [0, 0.1) is 0 Å². The Labute approximate surface area is 143 Å². The van der Waals surface area contributed by atoms with Crippen LogP contribution in [0.2, 0.25) is 0 Å². The molecule has 0 amide bonds. The van der Waals surface area contributed by atoms with E-state index in [0.29, 0.717) is 4.90 Å². The molecule has 0 aromatic heterocycles. The smallest absolute Gasteiger partial charge is 0.175 e. The molecule has 1 aliphatic rings. The number of hydrogen-bond acceptors (Lipinski definition) is 3. The van der Waals surface area contributed by atoms with Gasteiger partial charge in [0.25, 0.3) is 0 Å². The number of allylic oxidation sites excluding steroid dienone is 4. The molecule has 2 aromatic carbocycles. The zero-order valence-corrected chi connectivity index (χ0v) is 14.9. The summed E-state index contributed by atoms with van der Waals surface area (Å²) in [5, 5.41) is 0. The lowest BCUT2D eigenvalue weighted by Gasteiger charge is -2.12. The van der Waals surface area contributed by atoms with Gasteiger partial charge in [0.1, 0.15) is 5.75 Å². The van der Waals surface area contributed by atoms with Crippen molar-refractivity contribution >= 4 is 21.0 Å². The summed E-state index contributed by atoms with van der Waals surface area (Å²) < 4.78 is 28.7. The van der Waals surface area contributed by atoms with E-state index in [1.165, 1.54) is 17.4 Å². The Morgan fingerprint density at radius 2 is 1.67 bits per heavy atom. The van der Waals surface area contributed by atoms with Gasteiger partial charge >= 0.3 is 0 Å². The van der Waals surface area contributed by atoms with Crippen LogP contribution in [-0.2, 0) is 9.84 Å². The summed E-state index contributed by atoms with van der Waals surface area (Å²) in [6.45, 7) is 2.10. The maximum Gasteiger partial charge on any atom is 0.175 e. The van der Waals surface area contributed by atoms with Gasteiger partial charge in [-0.05, 0) is 53.8 Å². The Morgan fingerprint density at radius 1 is 1.00 bits per heavy atom. The van der Waals surface area contributed by atoms with E-state index in [1.807, 2.05) is 30.3 Å². The minimum absolute atomic E-state index is 0.344. The summed E-state index contributed by atoms with van der Waals surface area (Å²) in [4.78, 5) is 0.344. The van der Waals surface area contributed by atoms with Gasteiger partial charge in [-0.2, -0.15) is 0 Å². The molecular weight excluding hydrogens is 320 g/mol. The molecule has 3 rings (SSSR count). The number of rotatable bonds is 4. The Hall–Kier alpha value is -2.33. The molecule has 0 radical (unpaired) electrons. The van der Waals surface area contributed by atoms with Crippen molar-refractivity contribution in [1.29, 1.82) is 0 Å². The first-order chi connectivity index (χ1) is 11.4. The molecule has 24 heavy (non-hydrogen) atoms.